The van der Waals surface area contributed by atoms with Crippen LogP contribution < -0.4 is 0 Å². The Kier molecular flexibility index (Phi) is 4.53. The Hall–Kier alpha value is -3.56. The zero-order valence-electron chi connectivity index (χ0n) is 16.9. The minimum absolute atomic E-state index is 0.0967. The molecule has 0 saturated heterocycles. The Balaban J connectivity index is 1.76. The van der Waals surface area contributed by atoms with Crippen LogP contribution in [-0.2, 0) is 10.8 Å². The minimum atomic E-state index is -0.492. The largest absolute Gasteiger partial charge is 0.119 e. The van der Waals surface area contributed by atoms with Gasteiger partial charge in [-0.2, -0.15) is 0 Å². The molecule has 1 atom stereocenters. The summed E-state index contributed by atoms with van der Waals surface area (Å²) in [6.45, 7) is 0. The number of hydrogen-bond donors (Lipinski definition) is 0. The highest BCUT2D eigenvalue weighted by Gasteiger charge is 2.65. The van der Waals surface area contributed by atoms with Gasteiger partial charge in [-0.05, 0) is 34.6 Å². The molecular formula is C30H24. The van der Waals surface area contributed by atoms with Crippen molar-refractivity contribution in [3.63, 3.8) is 0 Å². The van der Waals surface area contributed by atoms with Gasteiger partial charge in [-0.1, -0.05) is 127 Å². The first-order chi connectivity index (χ1) is 14.8. The van der Waals surface area contributed by atoms with Gasteiger partial charge < -0.3 is 0 Å². The van der Waals surface area contributed by atoms with E-state index in [-0.39, 0.29) is 11.3 Å². The van der Waals surface area contributed by atoms with Crippen molar-refractivity contribution in [3.05, 3.63) is 144 Å². The van der Waals surface area contributed by atoms with Crippen LogP contribution in [0, 0.1) is 18.3 Å². The second-order valence-electron chi connectivity index (χ2n) is 8.14. The highest BCUT2D eigenvalue weighted by Crippen LogP contribution is 2.67. The van der Waals surface area contributed by atoms with Crippen molar-refractivity contribution in [2.45, 2.75) is 17.3 Å². The minimum Gasteiger partial charge on any atom is -0.119 e. The molecule has 0 heterocycles. The van der Waals surface area contributed by atoms with E-state index in [1.165, 1.54) is 22.3 Å². The third-order valence-electron chi connectivity index (χ3n) is 6.75. The van der Waals surface area contributed by atoms with Gasteiger partial charge in [0.15, 0.2) is 0 Å². The molecule has 0 amide bonds. The Morgan fingerprint density at radius 3 is 1.33 bits per heavy atom. The van der Waals surface area contributed by atoms with Gasteiger partial charge in [-0.15, -0.1) is 6.42 Å². The smallest absolute Gasteiger partial charge is 0.0849 e. The molecule has 0 bridgehead atoms. The average Bonchev–Trinajstić information content (AvgIpc) is 3.60. The number of benzene rings is 4. The van der Waals surface area contributed by atoms with E-state index < -0.39 is 5.41 Å². The molecule has 0 heteroatoms. The van der Waals surface area contributed by atoms with Crippen LogP contribution in [0.4, 0.5) is 0 Å². The van der Waals surface area contributed by atoms with E-state index >= 15 is 0 Å². The van der Waals surface area contributed by atoms with Gasteiger partial charge in [0.25, 0.3) is 0 Å². The molecule has 4 aromatic carbocycles. The van der Waals surface area contributed by atoms with E-state index in [4.69, 9.17) is 6.42 Å². The molecule has 5 rings (SSSR count). The predicted molar refractivity (Wildman–Crippen MR) is 124 cm³/mol. The Labute approximate surface area is 179 Å². The van der Waals surface area contributed by atoms with Crippen LogP contribution in [-0.4, -0.2) is 0 Å². The first-order valence-electron chi connectivity index (χ1n) is 10.5. The van der Waals surface area contributed by atoms with Crippen molar-refractivity contribution >= 4 is 0 Å². The summed E-state index contributed by atoms with van der Waals surface area (Å²) in [4.78, 5) is 0. The maximum Gasteiger partial charge on any atom is 0.0849 e. The summed E-state index contributed by atoms with van der Waals surface area (Å²) in [6, 6.07) is 43.0. The SMILES string of the molecule is C#CC(c1ccccc1)(c1ccccc1)[C@H]1CC1(c1ccccc1)c1ccccc1. The summed E-state index contributed by atoms with van der Waals surface area (Å²) in [6.07, 6.45) is 7.46. The molecule has 144 valence electrons. The van der Waals surface area contributed by atoms with Gasteiger partial charge in [-0.3, -0.25) is 0 Å². The molecule has 30 heavy (non-hydrogen) atoms. The van der Waals surface area contributed by atoms with Crippen molar-refractivity contribution in [2.75, 3.05) is 0 Å². The molecule has 0 unspecified atom stereocenters. The molecule has 0 nitrogen and oxygen atoms in total. The lowest BCUT2D eigenvalue weighted by Crippen LogP contribution is -2.33. The molecule has 0 N–H and O–H groups in total. The lowest BCUT2D eigenvalue weighted by Gasteiger charge is -2.34. The van der Waals surface area contributed by atoms with E-state index in [1.807, 2.05) is 0 Å². The van der Waals surface area contributed by atoms with Crippen molar-refractivity contribution in [1.82, 2.24) is 0 Å². The summed E-state index contributed by atoms with van der Waals surface area (Å²) in [5.41, 5.74) is 4.48. The van der Waals surface area contributed by atoms with E-state index in [1.54, 1.807) is 0 Å². The van der Waals surface area contributed by atoms with E-state index in [2.05, 4.69) is 127 Å². The van der Waals surface area contributed by atoms with Crippen LogP contribution in [0.3, 0.4) is 0 Å². The van der Waals surface area contributed by atoms with Gasteiger partial charge in [0.1, 0.15) is 0 Å². The topological polar surface area (TPSA) is 0 Å². The van der Waals surface area contributed by atoms with Gasteiger partial charge in [0.2, 0.25) is 0 Å². The molecular weight excluding hydrogens is 360 g/mol. The number of hydrogen-bond acceptors (Lipinski definition) is 0. The fourth-order valence-corrected chi connectivity index (χ4v) is 5.30. The van der Waals surface area contributed by atoms with Crippen molar-refractivity contribution in [1.29, 1.82) is 0 Å². The average molecular weight is 385 g/mol. The molecule has 0 aromatic heterocycles. The van der Waals surface area contributed by atoms with Crippen LogP contribution >= 0.6 is 0 Å². The van der Waals surface area contributed by atoms with Crippen molar-refractivity contribution in [2.24, 2.45) is 5.92 Å². The molecule has 1 aliphatic carbocycles. The highest BCUT2D eigenvalue weighted by atomic mass is 14.7. The summed E-state index contributed by atoms with van der Waals surface area (Å²) in [5, 5.41) is 0. The maximum atomic E-state index is 6.44. The normalized spacial score (nSPS) is 17.1. The van der Waals surface area contributed by atoms with E-state index in [9.17, 15) is 0 Å². The number of rotatable bonds is 5. The van der Waals surface area contributed by atoms with Crippen molar-refractivity contribution in [3.8, 4) is 12.3 Å². The summed E-state index contributed by atoms with van der Waals surface area (Å²) >= 11 is 0. The second-order valence-corrected chi connectivity index (χ2v) is 8.14. The van der Waals surface area contributed by atoms with Crippen LogP contribution in [0.5, 0.6) is 0 Å². The molecule has 4 aromatic rings. The van der Waals surface area contributed by atoms with Crippen molar-refractivity contribution < 1.29 is 0 Å². The Morgan fingerprint density at radius 2 is 0.967 bits per heavy atom. The lowest BCUT2D eigenvalue weighted by atomic mass is 9.67. The molecule has 0 spiro atoms. The fraction of sp³-hybridized carbons (Fsp3) is 0.133. The van der Waals surface area contributed by atoms with Crippen LogP contribution in [0.1, 0.15) is 28.7 Å². The quantitative estimate of drug-likeness (QED) is 0.340. The van der Waals surface area contributed by atoms with Crippen LogP contribution in [0.15, 0.2) is 121 Å². The standard InChI is InChI=1S/C30H24/c1-2-29(24-15-7-3-8-16-24,25-17-9-4-10-18-25)28-23-30(28,26-19-11-5-12-20-26)27-21-13-6-14-22-27/h1,3-22,28H,23H2/t28-/m1/s1. The van der Waals surface area contributed by atoms with Crippen LogP contribution in [0.25, 0.3) is 0 Å². The Morgan fingerprint density at radius 1 is 0.600 bits per heavy atom. The van der Waals surface area contributed by atoms with Gasteiger partial charge >= 0.3 is 0 Å². The monoisotopic (exact) mass is 384 g/mol. The Bertz CT molecular complexity index is 1070. The summed E-state index contributed by atoms with van der Waals surface area (Å²) in [7, 11) is 0. The van der Waals surface area contributed by atoms with Gasteiger partial charge in [-0.25, -0.2) is 0 Å². The first kappa shape index (κ1) is 18.5. The first-order valence-corrected chi connectivity index (χ1v) is 10.5. The highest BCUT2D eigenvalue weighted by molar-refractivity contribution is 5.58. The fourth-order valence-electron chi connectivity index (χ4n) is 5.30. The molecule has 1 aliphatic rings. The van der Waals surface area contributed by atoms with Crippen LogP contribution in [0.2, 0.25) is 0 Å². The molecule has 0 radical (unpaired) electrons. The molecule has 0 aliphatic heterocycles. The molecule has 1 fully saturated rings. The number of terminal acetylenes is 1. The second kappa shape index (κ2) is 7.36. The zero-order chi connectivity index (χ0) is 20.4. The third kappa shape index (κ3) is 2.71. The lowest BCUT2D eigenvalue weighted by molar-refractivity contribution is 0.525. The van der Waals surface area contributed by atoms with Gasteiger partial charge in [0, 0.05) is 5.41 Å². The predicted octanol–water partition coefficient (Wildman–Crippen LogP) is 6.61. The van der Waals surface area contributed by atoms with E-state index in [0.29, 0.717) is 0 Å². The maximum absolute atomic E-state index is 6.44. The van der Waals surface area contributed by atoms with E-state index in [0.717, 1.165) is 6.42 Å². The summed E-state index contributed by atoms with van der Waals surface area (Å²) in [5.74, 6) is 3.57. The zero-order valence-corrected chi connectivity index (χ0v) is 16.9. The molecule has 1 saturated carbocycles. The third-order valence-corrected chi connectivity index (χ3v) is 6.75. The summed E-state index contributed by atoms with van der Waals surface area (Å²) < 4.78 is 0. The van der Waals surface area contributed by atoms with Gasteiger partial charge in [0.05, 0.1) is 5.41 Å².